The molecule has 16 heavy (non-hydrogen) atoms. The summed E-state index contributed by atoms with van der Waals surface area (Å²) in [5.74, 6) is -0.196. The molecular weight excluding hydrogens is 232 g/mol. The number of aromatic nitrogens is 2. The van der Waals surface area contributed by atoms with Crippen LogP contribution in [0.1, 0.15) is 20.8 Å². The molecule has 0 bridgehead atoms. The Balaban J connectivity index is 2.57. The van der Waals surface area contributed by atoms with Crippen LogP contribution in [0.5, 0.6) is 5.88 Å². The predicted molar refractivity (Wildman–Crippen MR) is 58.4 cm³/mol. The Kier molecular flexibility index (Phi) is 4.49. The molecule has 0 amide bonds. The average Bonchev–Trinajstić information content (AvgIpc) is 2.16. The molecule has 0 fully saturated rings. The van der Waals surface area contributed by atoms with Crippen LogP contribution >= 0.6 is 11.6 Å². The number of rotatable bonds is 4. The molecule has 1 unspecified atom stereocenters. The molecule has 1 aromatic rings. The van der Waals surface area contributed by atoms with E-state index in [4.69, 9.17) is 21.1 Å². The maximum atomic E-state index is 11.4. The number of esters is 1. The highest BCUT2D eigenvalue weighted by atomic mass is 35.5. The molecule has 1 aromatic heterocycles. The van der Waals surface area contributed by atoms with Gasteiger partial charge >= 0.3 is 5.97 Å². The van der Waals surface area contributed by atoms with Crippen LogP contribution in [0.15, 0.2) is 12.4 Å². The zero-order valence-electron chi connectivity index (χ0n) is 9.31. The normalized spacial score (nSPS) is 12.3. The number of hydrogen-bond acceptors (Lipinski definition) is 5. The first-order valence-corrected chi connectivity index (χ1v) is 5.21. The Morgan fingerprint density at radius 1 is 1.38 bits per heavy atom. The van der Waals surface area contributed by atoms with Gasteiger partial charge in [0.1, 0.15) is 11.5 Å². The molecule has 0 aliphatic carbocycles. The Morgan fingerprint density at radius 2 is 2.06 bits per heavy atom. The molecule has 5 nitrogen and oxygen atoms in total. The van der Waals surface area contributed by atoms with E-state index in [9.17, 15) is 4.79 Å². The minimum Gasteiger partial charge on any atom is -0.463 e. The fraction of sp³-hybridized carbons (Fsp3) is 0.500. The highest BCUT2D eigenvalue weighted by molar-refractivity contribution is 6.29. The lowest BCUT2D eigenvalue weighted by molar-refractivity contribution is -0.155. The smallest absolute Gasteiger partial charge is 0.347 e. The van der Waals surface area contributed by atoms with Gasteiger partial charge in [0.05, 0.1) is 6.10 Å². The first-order chi connectivity index (χ1) is 7.49. The van der Waals surface area contributed by atoms with Crippen LogP contribution in [-0.2, 0) is 9.53 Å². The second-order valence-corrected chi connectivity index (χ2v) is 3.81. The van der Waals surface area contributed by atoms with E-state index in [1.54, 1.807) is 20.8 Å². The topological polar surface area (TPSA) is 61.3 Å². The average molecular weight is 245 g/mol. The van der Waals surface area contributed by atoms with Crippen LogP contribution in [0.25, 0.3) is 0 Å². The molecule has 6 heteroatoms. The largest absolute Gasteiger partial charge is 0.463 e. The van der Waals surface area contributed by atoms with Crippen molar-refractivity contribution in [3.05, 3.63) is 17.5 Å². The van der Waals surface area contributed by atoms with Crippen LogP contribution in [0.4, 0.5) is 0 Å². The fourth-order valence-corrected chi connectivity index (χ4v) is 1.08. The van der Waals surface area contributed by atoms with Crippen molar-refractivity contribution in [2.75, 3.05) is 0 Å². The summed E-state index contributed by atoms with van der Waals surface area (Å²) in [5, 5.41) is 0.259. The third-order valence-corrected chi connectivity index (χ3v) is 1.80. The molecule has 0 aromatic carbocycles. The van der Waals surface area contributed by atoms with E-state index >= 15 is 0 Å². The zero-order chi connectivity index (χ0) is 12.1. The summed E-state index contributed by atoms with van der Waals surface area (Å²) >= 11 is 5.64. The minimum absolute atomic E-state index is 0.174. The number of carbonyl (C=O) groups excluding carboxylic acids is 1. The minimum atomic E-state index is -0.728. The maximum absolute atomic E-state index is 11.4. The number of hydrogen-bond donors (Lipinski definition) is 0. The monoisotopic (exact) mass is 244 g/mol. The van der Waals surface area contributed by atoms with Crippen molar-refractivity contribution in [3.63, 3.8) is 0 Å². The first kappa shape index (κ1) is 12.7. The Bertz CT molecular complexity index is 371. The second-order valence-electron chi connectivity index (χ2n) is 3.42. The molecule has 0 radical (unpaired) electrons. The van der Waals surface area contributed by atoms with E-state index < -0.39 is 12.1 Å². The Hall–Kier alpha value is -1.36. The molecule has 1 heterocycles. The lowest BCUT2D eigenvalue weighted by Gasteiger charge is -2.14. The highest BCUT2D eigenvalue weighted by Crippen LogP contribution is 2.13. The van der Waals surface area contributed by atoms with Gasteiger partial charge in [-0.2, -0.15) is 0 Å². The SMILES string of the molecule is CC(C)OC(=O)C(C)Oc1cc(Cl)ncn1. The molecule has 0 N–H and O–H groups in total. The van der Waals surface area contributed by atoms with E-state index in [0.717, 1.165) is 0 Å². The van der Waals surface area contributed by atoms with E-state index in [1.807, 2.05) is 0 Å². The van der Waals surface area contributed by atoms with Gasteiger partial charge in [0.2, 0.25) is 5.88 Å². The molecule has 88 valence electrons. The fourth-order valence-electron chi connectivity index (χ4n) is 0.939. The molecule has 0 aliphatic rings. The van der Waals surface area contributed by atoms with Gasteiger partial charge < -0.3 is 9.47 Å². The first-order valence-electron chi connectivity index (χ1n) is 4.83. The van der Waals surface area contributed by atoms with Crippen molar-refractivity contribution in [1.29, 1.82) is 0 Å². The third kappa shape index (κ3) is 4.02. The number of ether oxygens (including phenoxy) is 2. The van der Waals surface area contributed by atoms with Crippen molar-refractivity contribution in [1.82, 2.24) is 9.97 Å². The van der Waals surface area contributed by atoms with E-state index in [2.05, 4.69) is 9.97 Å². The van der Waals surface area contributed by atoms with Crippen LogP contribution < -0.4 is 4.74 Å². The van der Waals surface area contributed by atoms with Crippen molar-refractivity contribution in [2.45, 2.75) is 33.0 Å². The van der Waals surface area contributed by atoms with Gasteiger partial charge in [-0.25, -0.2) is 14.8 Å². The van der Waals surface area contributed by atoms with Gasteiger partial charge in [0.15, 0.2) is 6.10 Å². The van der Waals surface area contributed by atoms with Gasteiger partial charge in [0.25, 0.3) is 0 Å². The van der Waals surface area contributed by atoms with Crippen LogP contribution in [0.3, 0.4) is 0 Å². The Labute approximate surface area is 98.8 Å². The van der Waals surface area contributed by atoms with E-state index in [-0.39, 0.29) is 17.1 Å². The lowest BCUT2D eigenvalue weighted by atomic mass is 10.4. The van der Waals surface area contributed by atoms with Gasteiger partial charge in [-0.3, -0.25) is 0 Å². The summed E-state index contributed by atoms with van der Waals surface area (Å²) in [6.07, 6.45) is 0.360. The number of nitrogens with zero attached hydrogens (tertiary/aromatic N) is 2. The standard InChI is InChI=1S/C10H13ClN2O3/c1-6(2)15-10(14)7(3)16-9-4-8(11)12-5-13-9/h4-7H,1-3H3. The number of halogens is 1. The third-order valence-electron chi connectivity index (χ3n) is 1.59. The highest BCUT2D eigenvalue weighted by Gasteiger charge is 2.18. The molecule has 1 rings (SSSR count). The molecule has 0 aliphatic heterocycles. The summed E-state index contributed by atoms with van der Waals surface area (Å²) in [4.78, 5) is 18.9. The quantitative estimate of drug-likeness (QED) is 0.598. The molecule has 0 saturated carbocycles. The summed E-state index contributed by atoms with van der Waals surface area (Å²) in [7, 11) is 0. The van der Waals surface area contributed by atoms with Gasteiger partial charge in [-0.05, 0) is 20.8 Å². The van der Waals surface area contributed by atoms with Crippen molar-refractivity contribution in [2.24, 2.45) is 0 Å². The van der Waals surface area contributed by atoms with Gasteiger partial charge in [-0.1, -0.05) is 11.6 Å². The van der Waals surface area contributed by atoms with Crippen molar-refractivity contribution >= 4 is 17.6 Å². The molecular formula is C10H13ClN2O3. The molecule has 0 spiro atoms. The van der Waals surface area contributed by atoms with Crippen LogP contribution in [0.2, 0.25) is 5.15 Å². The molecule has 0 saturated heterocycles. The van der Waals surface area contributed by atoms with E-state index in [1.165, 1.54) is 12.4 Å². The Morgan fingerprint density at radius 3 is 2.62 bits per heavy atom. The summed E-state index contributed by atoms with van der Waals surface area (Å²) in [6.45, 7) is 5.12. The van der Waals surface area contributed by atoms with Crippen molar-refractivity contribution in [3.8, 4) is 5.88 Å². The van der Waals surface area contributed by atoms with Gasteiger partial charge in [-0.15, -0.1) is 0 Å². The van der Waals surface area contributed by atoms with Crippen LogP contribution in [0, 0.1) is 0 Å². The van der Waals surface area contributed by atoms with Crippen LogP contribution in [-0.4, -0.2) is 28.1 Å². The summed E-state index contributed by atoms with van der Waals surface area (Å²) < 4.78 is 10.2. The lowest BCUT2D eigenvalue weighted by Crippen LogP contribution is -2.28. The summed E-state index contributed by atoms with van der Waals surface area (Å²) in [6, 6.07) is 1.43. The number of carbonyl (C=O) groups is 1. The second kappa shape index (κ2) is 5.65. The summed E-state index contributed by atoms with van der Waals surface area (Å²) in [5.41, 5.74) is 0. The van der Waals surface area contributed by atoms with E-state index in [0.29, 0.717) is 0 Å². The molecule has 1 atom stereocenters. The van der Waals surface area contributed by atoms with Crippen molar-refractivity contribution < 1.29 is 14.3 Å². The zero-order valence-corrected chi connectivity index (χ0v) is 10.1. The predicted octanol–water partition coefficient (Wildman–Crippen LogP) is 1.85. The van der Waals surface area contributed by atoms with Gasteiger partial charge in [0, 0.05) is 6.07 Å². The maximum Gasteiger partial charge on any atom is 0.347 e.